The lowest BCUT2D eigenvalue weighted by Crippen LogP contribution is -2.27. The van der Waals surface area contributed by atoms with E-state index in [0.29, 0.717) is 18.7 Å². The molecule has 0 aliphatic carbocycles. The van der Waals surface area contributed by atoms with Gasteiger partial charge in [-0.1, -0.05) is 13.8 Å². The second-order valence-corrected chi connectivity index (χ2v) is 3.86. The lowest BCUT2D eigenvalue weighted by atomic mass is 10.1. The molecule has 1 aromatic carbocycles. The van der Waals surface area contributed by atoms with Crippen molar-refractivity contribution in [3.8, 4) is 0 Å². The van der Waals surface area contributed by atoms with Crippen LogP contribution >= 0.6 is 0 Å². The predicted molar refractivity (Wildman–Crippen MR) is 53.5 cm³/mol. The first-order valence-corrected chi connectivity index (χ1v) is 4.84. The number of hydrogen-bond donors (Lipinski definition) is 1. The maximum atomic E-state index is 12.8. The summed E-state index contributed by atoms with van der Waals surface area (Å²) in [7, 11) is 0. The van der Waals surface area contributed by atoms with Crippen molar-refractivity contribution in [2.24, 2.45) is 5.92 Å². The molecule has 0 heterocycles. The van der Waals surface area contributed by atoms with Gasteiger partial charge in [0.2, 0.25) is 0 Å². The molecule has 0 saturated carbocycles. The first-order valence-electron chi connectivity index (χ1n) is 4.84. The van der Waals surface area contributed by atoms with Gasteiger partial charge in [-0.05, 0) is 18.1 Å². The molecule has 0 unspecified atom stereocenters. The molecule has 1 rings (SSSR count). The Bertz CT molecular complexity index is 381. The zero-order valence-electron chi connectivity index (χ0n) is 8.98. The van der Waals surface area contributed by atoms with E-state index in [-0.39, 0.29) is 11.5 Å². The second kappa shape index (κ2) is 5.01. The Balaban J connectivity index is 2.84. The molecule has 0 bridgehead atoms. The number of hydrogen-bond acceptors (Lipinski definition) is 1. The molecule has 0 aliphatic rings. The first kappa shape index (κ1) is 12.5. The molecule has 88 valence electrons. The monoisotopic (exact) mass is 231 g/mol. The van der Waals surface area contributed by atoms with Crippen molar-refractivity contribution < 1.29 is 18.0 Å². The summed E-state index contributed by atoms with van der Waals surface area (Å²) in [5.74, 6) is -4.70. The van der Waals surface area contributed by atoms with E-state index >= 15 is 0 Å². The van der Waals surface area contributed by atoms with Crippen molar-refractivity contribution in [3.05, 3.63) is 35.1 Å². The van der Waals surface area contributed by atoms with Crippen LogP contribution in [0.5, 0.6) is 0 Å². The average molecular weight is 231 g/mol. The Hall–Kier alpha value is -1.52. The smallest absolute Gasteiger partial charge is 0.251 e. The number of amides is 1. The summed E-state index contributed by atoms with van der Waals surface area (Å²) >= 11 is 0. The summed E-state index contributed by atoms with van der Waals surface area (Å²) < 4.78 is 38.2. The van der Waals surface area contributed by atoms with Crippen LogP contribution in [-0.2, 0) is 0 Å². The Labute approximate surface area is 91.5 Å². The van der Waals surface area contributed by atoms with Crippen molar-refractivity contribution >= 4 is 5.91 Å². The fourth-order valence-corrected chi connectivity index (χ4v) is 1.09. The van der Waals surface area contributed by atoms with Gasteiger partial charge in [0.15, 0.2) is 17.5 Å². The standard InChI is InChI=1S/C11H12F3NO/c1-6(2)5-15-11(16)7-3-8(12)10(14)9(13)4-7/h3-4,6H,5H2,1-2H3,(H,15,16). The quantitative estimate of drug-likeness (QED) is 0.795. The minimum Gasteiger partial charge on any atom is -0.352 e. The fourth-order valence-electron chi connectivity index (χ4n) is 1.09. The summed E-state index contributed by atoms with van der Waals surface area (Å²) in [5.41, 5.74) is -0.225. The van der Waals surface area contributed by atoms with Crippen LogP contribution in [0.1, 0.15) is 24.2 Å². The third-order valence-electron chi connectivity index (χ3n) is 1.92. The fraction of sp³-hybridized carbons (Fsp3) is 0.364. The maximum Gasteiger partial charge on any atom is 0.251 e. The van der Waals surface area contributed by atoms with E-state index in [9.17, 15) is 18.0 Å². The van der Waals surface area contributed by atoms with Crippen LogP contribution in [0.25, 0.3) is 0 Å². The van der Waals surface area contributed by atoms with Crippen LogP contribution in [-0.4, -0.2) is 12.5 Å². The van der Waals surface area contributed by atoms with Gasteiger partial charge in [-0.25, -0.2) is 13.2 Å². The zero-order chi connectivity index (χ0) is 12.3. The largest absolute Gasteiger partial charge is 0.352 e. The molecule has 1 aromatic rings. The average Bonchev–Trinajstić information content (AvgIpc) is 2.21. The molecule has 0 atom stereocenters. The van der Waals surface area contributed by atoms with E-state index in [1.54, 1.807) is 0 Å². The first-order chi connectivity index (χ1) is 7.41. The van der Waals surface area contributed by atoms with E-state index < -0.39 is 23.4 Å². The second-order valence-electron chi connectivity index (χ2n) is 3.86. The van der Waals surface area contributed by atoms with Crippen LogP contribution in [0.4, 0.5) is 13.2 Å². The molecule has 0 saturated heterocycles. The third kappa shape index (κ3) is 2.98. The molecule has 0 spiro atoms. The minimum absolute atomic E-state index is 0.221. The zero-order valence-corrected chi connectivity index (χ0v) is 8.98. The Kier molecular flexibility index (Phi) is 3.93. The van der Waals surface area contributed by atoms with Crippen molar-refractivity contribution in [1.29, 1.82) is 0 Å². The Morgan fingerprint density at radius 3 is 2.19 bits per heavy atom. The van der Waals surface area contributed by atoms with Gasteiger partial charge in [-0.15, -0.1) is 0 Å². The highest BCUT2D eigenvalue weighted by Crippen LogP contribution is 2.13. The summed E-state index contributed by atoms with van der Waals surface area (Å²) in [5, 5.41) is 2.48. The molecule has 0 aromatic heterocycles. The highest BCUT2D eigenvalue weighted by molar-refractivity contribution is 5.94. The van der Waals surface area contributed by atoms with Gasteiger partial charge in [0.05, 0.1) is 0 Å². The number of carbonyl (C=O) groups is 1. The summed E-state index contributed by atoms with van der Waals surface area (Å²) in [4.78, 5) is 11.4. The summed E-state index contributed by atoms with van der Waals surface area (Å²) in [6.45, 7) is 4.15. The van der Waals surface area contributed by atoms with Gasteiger partial charge in [0, 0.05) is 12.1 Å². The van der Waals surface area contributed by atoms with Gasteiger partial charge in [0.25, 0.3) is 5.91 Å². The van der Waals surface area contributed by atoms with Crippen LogP contribution < -0.4 is 5.32 Å². The van der Waals surface area contributed by atoms with E-state index in [4.69, 9.17) is 0 Å². The Morgan fingerprint density at radius 2 is 1.75 bits per heavy atom. The number of carbonyl (C=O) groups excluding carboxylic acids is 1. The van der Waals surface area contributed by atoms with Crippen LogP contribution in [0.2, 0.25) is 0 Å². The molecule has 0 aliphatic heterocycles. The SMILES string of the molecule is CC(C)CNC(=O)c1cc(F)c(F)c(F)c1. The molecular weight excluding hydrogens is 219 g/mol. The van der Waals surface area contributed by atoms with E-state index in [1.165, 1.54) is 0 Å². The van der Waals surface area contributed by atoms with Crippen LogP contribution in [0, 0.1) is 23.4 Å². The van der Waals surface area contributed by atoms with Gasteiger partial charge in [-0.2, -0.15) is 0 Å². The molecule has 0 fully saturated rings. The molecule has 16 heavy (non-hydrogen) atoms. The molecule has 1 N–H and O–H groups in total. The number of nitrogens with one attached hydrogen (secondary N) is 1. The normalized spacial score (nSPS) is 10.6. The van der Waals surface area contributed by atoms with E-state index in [0.717, 1.165) is 0 Å². The highest BCUT2D eigenvalue weighted by atomic mass is 19.2. The van der Waals surface area contributed by atoms with Crippen molar-refractivity contribution in [2.45, 2.75) is 13.8 Å². The van der Waals surface area contributed by atoms with Crippen LogP contribution in [0.15, 0.2) is 12.1 Å². The minimum atomic E-state index is -1.57. The lowest BCUT2D eigenvalue weighted by Gasteiger charge is -2.08. The third-order valence-corrected chi connectivity index (χ3v) is 1.92. The van der Waals surface area contributed by atoms with Gasteiger partial charge in [0.1, 0.15) is 0 Å². The van der Waals surface area contributed by atoms with Crippen molar-refractivity contribution in [3.63, 3.8) is 0 Å². The van der Waals surface area contributed by atoms with Crippen molar-refractivity contribution in [2.75, 3.05) is 6.54 Å². The van der Waals surface area contributed by atoms with Crippen molar-refractivity contribution in [1.82, 2.24) is 5.32 Å². The van der Waals surface area contributed by atoms with Crippen LogP contribution in [0.3, 0.4) is 0 Å². The topological polar surface area (TPSA) is 29.1 Å². The molecule has 2 nitrogen and oxygen atoms in total. The summed E-state index contributed by atoms with van der Waals surface area (Å²) in [6.07, 6.45) is 0. The lowest BCUT2D eigenvalue weighted by molar-refractivity contribution is 0.0948. The molecular formula is C11H12F3NO. The van der Waals surface area contributed by atoms with Gasteiger partial charge in [-0.3, -0.25) is 4.79 Å². The van der Waals surface area contributed by atoms with Gasteiger partial charge >= 0.3 is 0 Å². The van der Waals surface area contributed by atoms with Gasteiger partial charge < -0.3 is 5.32 Å². The number of rotatable bonds is 3. The van der Waals surface area contributed by atoms with E-state index in [1.807, 2.05) is 13.8 Å². The predicted octanol–water partition coefficient (Wildman–Crippen LogP) is 2.49. The molecule has 5 heteroatoms. The number of halogens is 3. The van der Waals surface area contributed by atoms with E-state index in [2.05, 4.69) is 5.32 Å². The molecule has 1 amide bonds. The maximum absolute atomic E-state index is 12.8. The number of benzene rings is 1. The summed E-state index contributed by atoms with van der Waals surface area (Å²) in [6, 6.07) is 1.35. The highest BCUT2D eigenvalue weighted by Gasteiger charge is 2.14. The Morgan fingerprint density at radius 1 is 1.25 bits per heavy atom. The molecule has 0 radical (unpaired) electrons.